The summed E-state index contributed by atoms with van der Waals surface area (Å²) in [5, 5.41) is 25.7. The predicted molar refractivity (Wildman–Crippen MR) is 88.6 cm³/mol. The van der Waals surface area contributed by atoms with Crippen molar-refractivity contribution < 1.29 is 15.3 Å². The third-order valence-electron chi connectivity index (χ3n) is 2.99. The van der Waals surface area contributed by atoms with Crippen LogP contribution >= 0.6 is 0 Å². The molecule has 0 aromatic carbocycles. The minimum absolute atomic E-state index is 0.883. The topological polar surface area (TPSA) is 60.7 Å². The fraction of sp³-hybridized carbons (Fsp3) is 0.556. The quantitative estimate of drug-likeness (QED) is 0.290. The Morgan fingerprint density at radius 3 is 1.81 bits per heavy atom. The van der Waals surface area contributed by atoms with Crippen LogP contribution in [0.25, 0.3) is 0 Å². The van der Waals surface area contributed by atoms with Gasteiger partial charge < -0.3 is 15.3 Å². The second-order valence-corrected chi connectivity index (χ2v) is 5.15. The summed E-state index contributed by atoms with van der Waals surface area (Å²) in [7, 11) is 0. The van der Waals surface area contributed by atoms with E-state index in [0.29, 0.717) is 0 Å². The summed E-state index contributed by atoms with van der Waals surface area (Å²) in [6.07, 6.45) is 24.0. The van der Waals surface area contributed by atoms with Crippen molar-refractivity contribution in [1.29, 1.82) is 0 Å². The first-order valence-electron chi connectivity index (χ1n) is 7.91. The molecule has 0 saturated heterocycles. The van der Waals surface area contributed by atoms with Gasteiger partial charge in [-0.3, -0.25) is 0 Å². The van der Waals surface area contributed by atoms with Crippen LogP contribution in [0, 0.1) is 0 Å². The zero-order valence-electron chi connectivity index (χ0n) is 13.1. The monoisotopic (exact) mass is 294 g/mol. The van der Waals surface area contributed by atoms with Crippen molar-refractivity contribution in [3.8, 4) is 0 Å². The molecule has 0 unspecified atom stereocenters. The van der Waals surface area contributed by atoms with Gasteiger partial charge in [0.25, 0.3) is 5.97 Å². The Balaban J connectivity index is 3.49. The van der Waals surface area contributed by atoms with Gasteiger partial charge in [-0.05, 0) is 12.8 Å². The smallest absolute Gasteiger partial charge is 0.297 e. The van der Waals surface area contributed by atoms with Crippen molar-refractivity contribution in [2.45, 2.75) is 64.3 Å². The number of unbranched alkanes of at least 4 members (excludes halogenated alkanes) is 7. The van der Waals surface area contributed by atoms with Crippen LogP contribution in [-0.2, 0) is 0 Å². The van der Waals surface area contributed by atoms with E-state index in [1.807, 2.05) is 18.2 Å². The van der Waals surface area contributed by atoms with E-state index >= 15 is 0 Å². The molecule has 21 heavy (non-hydrogen) atoms. The van der Waals surface area contributed by atoms with Crippen LogP contribution in [-0.4, -0.2) is 21.3 Å². The number of aliphatic hydroxyl groups is 3. The normalized spacial score (nSPS) is 13.5. The van der Waals surface area contributed by atoms with Gasteiger partial charge in [0, 0.05) is 6.08 Å². The van der Waals surface area contributed by atoms with Gasteiger partial charge in [-0.1, -0.05) is 88.0 Å². The van der Waals surface area contributed by atoms with Gasteiger partial charge >= 0.3 is 0 Å². The predicted octanol–water partition coefficient (Wildman–Crippen LogP) is 3.98. The van der Waals surface area contributed by atoms with E-state index in [9.17, 15) is 0 Å². The van der Waals surface area contributed by atoms with Crippen molar-refractivity contribution in [2.24, 2.45) is 0 Å². The van der Waals surface area contributed by atoms with Gasteiger partial charge in [-0.15, -0.1) is 0 Å². The van der Waals surface area contributed by atoms with E-state index < -0.39 is 5.97 Å². The zero-order chi connectivity index (χ0) is 15.8. The molecule has 0 amide bonds. The van der Waals surface area contributed by atoms with E-state index in [-0.39, 0.29) is 0 Å². The SMILES string of the molecule is CCCCCCCCCC=CC=CC=CC=CC(O)(O)O. The molecule has 0 radical (unpaired) electrons. The van der Waals surface area contributed by atoms with E-state index in [1.54, 1.807) is 12.2 Å². The highest BCUT2D eigenvalue weighted by molar-refractivity contribution is 5.15. The highest BCUT2D eigenvalue weighted by atomic mass is 16.7. The maximum Gasteiger partial charge on any atom is 0.297 e. The fourth-order valence-electron chi connectivity index (χ4n) is 1.84. The van der Waals surface area contributed by atoms with Crippen LogP contribution in [0.15, 0.2) is 48.6 Å². The summed E-state index contributed by atoms with van der Waals surface area (Å²) in [4.78, 5) is 0. The highest BCUT2D eigenvalue weighted by Crippen LogP contribution is 2.08. The van der Waals surface area contributed by atoms with E-state index in [4.69, 9.17) is 15.3 Å². The largest absolute Gasteiger partial charge is 0.340 e. The summed E-state index contributed by atoms with van der Waals surface area (Å²) in [6, 6.07) is 0. The third kappa shape index (κ3) is 18.8. The molecule has 0 rings (SSSR count). The summed E-state index contributed by atoms with van der Waals surface area (Å²) in [5.74, 6) is -2.73. The van der Waals surface area contributed by atoms with Crippen LogP contribution in [0.4, 0.5) is 0 Å². The second-order valence-electron chi connectivity index (χ2n) is 5.15. The van der Waals surface area contributed by atoms with E-state index in [2.05, 4.69) is 13.0 Å². The van der Waals surface area contributed by atoms with Gasteiger partial charge in [0.2, 0.25) is 0 Å². The Morgan fingerprint density at radius 2 is 1.19 bits per heavy atom. The summed E-state index contributed by atoms with van der Waals surface area (Å²) < 4.78 is 0. The van der Waals surface area contributed by atoms with Crippen molar-refractivity contribution in [3.05, 3.63) is 48.6 Å². The molecular formula is C18H30O3. The highest BCUT2D eigenvalue weighted by Gasteiger charge is 2.10. The Labute approximate surface area is 129 Å². The molecule has 0 fully saturated rings. The molecule has 0 aromatic rings. The lowest BCUT2D eigenvalue weighted by Gasteiger charge is -2.05. The standard InChI is InChI=1S/C18H30O3/c1-2-3-4-5-6-7-8-9-10-11-12-13-14-15-16-17-18(19,20)21/h10-17,19-21H,2-9H2,1H3. The minimum atomic E-state index is -2.73. The lowest BCUT2D eigenvalue weighted by atomic mass is 10.1. The molecule has 0 spiro atoms. The molecule has 3 nitrogen and oxygen atoms in total. The Hall–Kier alpha value is -1.16. The zero-order valence-corrected chi connectivity index (χ0v) is 13.1. The fourth-order valence-corrected chi connectivity index (χ4v) is 1.84. The van der Waals surface area contributed by atoms with Crippen molar-refractivity contribution in [1.82, 2.24) is 0 Å². The van der Waals surface area contributed by atoms with E-state index in [0.717, 1.165) is 12.5 Å². The summed E-state index contributed by atoms with van der Waals surface area (Å²) >= 11 is 0. The molecule has 3 N–H and O–H groups in total. The van der Waals surface area contributed by atoms with Crippen LogP contribution < -0.4 is 0 Å². The third-order valence-corrected chi connectivity index (χ3v) is 2.99. The molecule has 0 aromatic heterocycles. The van der Waals surface area contributed by atoms with Crippen molar-refractivity contribution >= 4 is 0 Å². The first-order chi connectivity index (χ1) is 10.1. The minimum Gasteiger partial charge on any atom is -0.340 e. The molecular weight excluding hydrogens is 264 g/mol. The molecule has 0 aliphatic carbocycles. The second kappa shape index (κ2) is 13.8. The van der Waals surface area contributed by atoms with Crippen LogP contribution in [0.3, 0.4) is 0 Å². The van der Waals surface area contributed by atoms with Gasteiger partial charge in [0.15, 0.2) is 0 Å². The number of rotatable bonds is 12. The molecule has 3 heteroatoms. The Kier molecular flexibility index (Phi) is 13.0. The molecule has 0 saturated carbocycles. The number of allylic oxidation sites excluding steroid dienone is 7. The molecule has 0 heterocycles. The molecule has 0 atom stereocenters. The van der Waals surface area contributed by atoms with Crippen molar-refractivity contribution in [2.75, 3.05) is 0 Å². The first-order valence-corrected chi connectivity index (χ1v) is 7.91. The van der Waals surface area contributed by atoms with E-state index in [1.165, 1.54) is 51.0 Å². The number of hydrogen-bond acceptors (Lipinski definition) is 3. The maximum atomic E-state index is 8.58. The average molecular weight is 294 g/mol. The summed E-state index contributed by atoms with van der Waals surface area (Å²) in [6.45, 7) is 2.24. The Morgan fingerprint density at radius 1 is 0.667 bits per heavy atom. The lowest BCUT2D eigenvalue weighted by Crippen LogP contribution is -2.22. The van der Waals surface area contributed by atoms with Gasteiger partial charge in [0.05, 0.1) is 0 Å². The first kappa shape index (κ1) is 19.8. The molecule has 0 aliphatic heterocycles. The molecule has 0 bridgehead atoms. The summed E-state index contributed by atoms with van der Waals surface area (Å²) in [5.41, 5.74) is 0. The maximum absolute atomic E-state index is 8.58. The van der Waals surface area contributed by atoms with Crippen LogP contribution in [0.1, 0.15) is 58.3 Å². The van der Waals surface area contributed by atoms with Gasteiger partial charge in [0.1, 0.15) is 0 Å². The van der Waals surface area contributed by atoms with Crippen molar-refractivity contribution in [3.63, 3.8) is 0 Å². The van der Waals surface area contributed by atoms with Crippen LogP contribution in [0.5, 0.6) is 0 Å². The molecule has 120 valence electrons. The lowest BCUT2D eigenvalue weighted by molar-refractivity contribution is -0.273. The number of hydrogen-bond donors (Lipinski definition) is 3. The van der Waals surface area contributed by atoms with Gasteiger partial charge in [-0.2, -0.15) is 0 Å². The Bertz CT molecular complexity index is 333. The average Bonchev–Trinajstić information content (AvgIpc) is 2.42. The molecule has 0 aliphatic rings. The van der Waals surface area contributed by atoms with Crippen LogP contribution in [0.2, 0.25) is 0 Å². The van der Waals surface area contributed by atoms with Gasteiger partial charge in [-0.25, -0.2) is 0 Å².